The van der Waals surface area contributed by atoms with Crippen LogP contribution in [0.4, 0.5) is 0 Å². The summed E-state index contributed by atoms with van der Waals surface area (Å²) in [6.45, 7) is 4.38. The molecule has 0 saturated carbocycles. The Kier molecular flexibility index (Phi) is 2.23. The van der Waals surface area contributed by atoms with Crippen LogP contribution in [0.1, 0.15) is 31.9 Å². The predicted molar refractivity (Wildman–Crippen MR) is 57.2 cm³/mol. The molecule has 14 heavy (non-hydrogen) atoms. The van der Waals surface area contributed by atoms with Crippen LogP contribution in [0.25, 0.3) is 10.9 Å². The molecule has 2 aromatic heterocycles. The van der Waals surface area contributed by atoms with E-state index in [0.29, 0.717) is 5.92 Å². The van der Waals surface area contributed by atoms with Gasteiger partial charge in [-0.1, -0.05) is 13.8 Å². The predicted octanol–water partition coefficient (Wildman–Crippen LogP) is 2.48. The summed E-state index contributed by atoms with van der Waals surface area (Å²) >= 11 is 0. The van der Waals surface area contributed by atoms with Crippen molar-refractivity contribution in [3.05, 3.63) is 24.2 Å². The average molecular weight is 189 g/mol. The van der Waals surface area contributed by atoms with Gasteiger partial charge in [0, 0.05) is 18.1 Å². The van der Waals surface area contributed by atoms with Crippen LogP contribution in [0.15, 0.2) is 18.5 Å². The standard InChI is InChI=1S/C11H15N3/c1-4-8(2)10-5-9-6-13-14(3)11(9)7-12-10/h5-8H,4H2,1-3H3. The zero-order chi connectivity index (χ0) is 10.1. The van der Waals surface area contributed by atoms with Crippen LogP contribution in [0, 0.1) is 0 Å². The van der Waals surface area contributed by atoms with E-state index in [1.54, 1.807) is 0 Å². The molecule has 2 heterocycles. The number of nitrogens with zero attached hydrogens (tertiary/aromatic N) is 3. The van der Waals surface area contributed by atoms with Gasteiger partial charge in [0.2, 0.25) is 0 Å². The first-order valence-electron chi connectivity index (χ1n) is 5.00. The third-order valence-corrected chi connectivity index (χ3v) is 2.77. The van der Waals surface area contributed by atoms with Gasteiger partial charge in [-0.15, -0.1) is 0 Å². The minimum Gasteiger partial charge on any atom is -0.266 e. The highest BCUT2D eigenvalue weighted by Gasteiger charge is 2.06. The minimum absolute atomic E-state index is 0.527. The Morgan fingerprint density at radius 2 is 2.21 bits per heavy atom. The molecule has 2 rings (SSSR count). The van der Waals surface area contributed by atoms with Crippen molar-refractivity contribution < 1.29 is 0 Å². The van der Waals surface area contributed by atoms with E-state index < -0.39 is 0 Å². The van der Waals surface area contributed by atoms with Crippen LogP contribution in [-0.4, -0.2) is 14.8 Å². The van der Waals surface area contributed by atoms with E-state index in [2.05, 4.69) is 30.0 Å². The lowest BCUT2D eigenvalue weighted by molar-refractivity contribution is 0.709. The molecule has 0 N–H and O–H groups in total. The van der Waals surface area contributed by atoms with Crippen LogP contribution in [-0.2, 0) is 7.05 Å². The van der Waals surface area contributed by atoms with Gasteiger partial charge in [0.15, 0.2) is 0 Å². The third-order valence-electron chi connectivity index (χ3n) is 2.77. The summed E-state index contributed by atoms with van der Waals surface area (Å²) in [5.41, 5.74) is 2.25. The second-order valence-corrected chi connectivity index (χ2v) is 3.75. The van der Waals surface area contributed by atoms with Gasteiger partial charge in [0.25, 0.3) is 0 Å². The van der Waals surface area contributed by atoms with Crippen LogP contribution in [0.3, 0.4) is 0 Å². The molecule has 74 valence electrons. The Hall–Kier alpha value is -1.38. The molecule has 3 nitrogen and oxygen atoms in total. The molecular formula is C11H15N3. The average Bonchev–Trinajstić information content (AvgIpc) is 2.59. The summed E-state index contributed by atoms with van der Waals surface area (Å²) in [7, 11) is 1.94. The zero-order valence-corrected chi connectivity index (χ0v) is 8.86. The SMILES string of the molecule is CCC(C)c1cc2cnn(C)c2cn1. The van der Waals surface area contributed by atoms with Crippen molar-refractivity contribution in [2.24, 2.45) is 7.05 Å². The molecule has 0 aliphatic heterocycles. The van der Waals surface area contributed by atoms with Crippen molar-refractivity contribution in [1.82, 2.24) is 14.8 Å². The lowest BCUT2D eigenvalue weighted by Crippen LogP contribution is -1.96. The van der Waals surface area contributed by atoms with Gasteiger partial charge >= 0.3 is 0 Å². The van der Waals surface area contributed by atoms with E-state index in [1.165, 1.54) is 5.39 Å². The Balaban J connectivity index is 2.52. The fraction of sp³-hybridized carbons (Fsp3) is 0.455. The van der Waals surface area contributed by atoms with E-state index in [-0.39, 0.29) is 0 Å². The molecule has 0 spiro atoms. The van der Waals surface area contributed by atoms with E-state index in [0.717, 1.165) is 17.6 Å². The first-order valence-corrected chi connectivity index (χ1v) is 5.00. The molecule has 2 aromatic rings. The highest BCUT2D eigenvalue weighted by molar-refractivity contribution is 5.77. The molecule has 1 atom stereocenters. The Bertz CT molecular complexity index is 445. The van der Waals surface area contributed by atoms with Gasteiger partial charge in [-0.3, -0.25) is 9.67 Å². The second-order valence-electron chi connectivity index (χ2n) is 3.75. The molecule has 0 saturated heterocycles. The molecule has 0 aromatic carbocycles. The number of fused-ring (bicyclic) bond motifs is 1. The molecule has 1 unspecified atom stereocenters. The summed E-state index contributed by atoms with van der Waals surface area (Å²) in [6.07, 6.45) is 4.92. The summed E-state index contributed by atoms with van der Waals surface area (Å²) in [5.74, 6) is 0.527. The summed E-state index contributed by atoms with van der Waals surface area (Å²) < 4.78 is 1.85. The largest absolute Gasteiger partial charge is 0.266 e. The summed E-state index contributed by atoms with van der Waals surface area (Å²) in [5, 5.41) is 5.38. The van der Waals surface area contributed by atoms with E-state index in [9.17, 15) is 0 Å². The normalized spacial score (nSPS) is 13.4. The third kappa shape index (κ3) is 1.39. The number of aryl methyl sites for hydroxylation is 1. The maximum atomic E-state index is 4.45. The van der Waals surface area contributed by atoms with Gasteiger partial charge in [-0.2, -0.15) is 5.10 Å². The number of hydrogen-bond donors (Lipinski definition) is 0. The molecular weight excluding hydrogens is 174 g/mol. The fourth-order valence-corrected chi connectivity index (χ4v) is 1.54. The van der Waals surface area contributed by atoms with Gasteiger partial charge in [0.1, 0.15) is 0 Å². The van der Waals surface area contributed by atoms with Crippen molar-refractivity contribution in [3.63, 3.8) is 0 Å². The summed E-state index contributed by atoms with van der Waals surface area (Å²) in [6, 6.07) is 2.14. The summed E-state index contributed by atoms with van der Waals surface area (Å²) in [4.78, 5) is 4.45. The van der Waals surface area contributed by atoms with E-state index in [1.807, 2.05) is 24.1 Å². The number of pyridine rings is 1. The lowest BCUT2D eigenvalue weighted by atomic mass is 10.0. The van der Waals surface area contributed by atoms with Crippen LogP contribution in [0.5, 0.6) is 0 Å². The molecule has 3 heteroatoms. The quantitative estimate of drug-likeness (QED) is 0.726. The molecule has 0 fully saturated rings. The fourth-order valence-electron chi connectivity index (χ4n) is 1.54. The van der Waals surface area contributed by atoms with Crippen LogP contribution in [0.2, 0.25) is 0 Å². The molecule has 0 amide bonds. The maximum Gasteiger partial charge on any atom is 0.0862 e. The van der Waals surface area contributed by atoms with E-state index in [4.69, 9.17) is 0 Å². The zero-order valence-electron chi connectivity index (χ0n) is 8.86. The van der Waals surface area contributed by atoms with Crippen molar-refractivity contribution in [2.75, 3.05) is 0 Å². The smallest absolute Gasteiger partial charge is 0.0862 e. The Morgan fingerprint density at radius 1 is 1.43 bits per heavy atom. The Labute approximate surface area is 83.8 Å². The maximum absolute atomic E-state index is 4.45. The monoisotopic (exact) mass is 189 g/mol. The number of rotatable bonds is 2. The molecule has 0 radical (unpaired) electrons. The van der Waals surface area contributed by atoms with Gasteiger partial charge in [-0.05, 0) is 18.4 Å². The van der Waals surface area contributed by atoms with Crippen LogP contribution < -0.4 is 0 Å². The van der Waals surface area contributed by atoms with Crippen molar-refractivity contribution in [1.29, 1.82) is 0 Å². The van der Waals surface area contributed by atoms with Gasteiger partial charge in [0.05, 0.1) is 17.9 Å². The molecule has 0 aliphatic carbocycles. The Morgan fingerprint density at radius 3 is 2.93 bits per heavy atom. The number of aromatic nitrogens is 3. The van der Waals surface area contributed by atoms with Crippen molar-refractivity contribution >= 4 is 10.9 Å². The highest BCUT2D eigenvalue weighted by Crippen LogP contribution is 2.20. The topological polar surface area (TPSA) is 30.7 Å². The number of hydrogen-bond acceptors (Lipinski definition) is 2. The highest BCUT2D eigenvalue weighted by atomic mass is 15.2. The first kappa shape index (κ1) is 9.19. The van der Waals surface area contributed by atoms with Gasteiger partial charge < -0.3 is 0 Å². The molecule has 0 bridgehead atoms. The first-order chi connectivity index (χ1) is 6.72. The van der Waals surface area contributed by atoms with Crippen molar-refractivity contribution in [3.8, 4) is 0 Å². The minimum atomic E-state index is 0.527. The van der Waals surface area contributed by atoms with Gasteiger partial charge in [-0.25, -0.2) is 0 Å². The molecule has 0 aliphatic rings. The van der Waals surface area contributed by atoms with Crippen LogP contribution >= 0.6 is 0 Å². The van der Waals surface area contributed by atoms with Crippen molar-refractivity contribution in [2.45, 2.75) is 26.2 Å². The van der Waals surface area contributed by atoms with E-state index >= 15 is 0 Å². The lowest BCUT2D eigenvalue weighted by Gasteiger charge is -2.07. The second kappa shape index (κ2) is 3.40.